The van der Waals surface area contributed by atoms with Crippen LogP contribution in [0.3, 0.4) is 0 Å². The first-order valence-electron chi connectivity index (χ1n) is 10.5. The maximum atomic E-state index is 13.2. The van der Waals surface area contributed by atoms with E-state index in [0.717, 1.165) is 39.2 Å². The molecule has 0 saturated heterocycles. The number of aromatic carboxylic acids is 1. The smallest absolute Gasteiger partial charge is 0.417 e. The molecule has 2 aromatic carbocycles. The van der Waals surface area contributed by atoms with Crippen molar-refractivity contribution in [1.82, 2.24) is 9.55 Å². The van der Waals surface area contributed by atoms with Crippen LogP contribution >= 0.6 is 11.3 Å². The van der Waals surface area contributed by atoms with Gasteiger partial charge in [-0.25, -0.2) is 19.5 Å². The molecule has 0 spiro atoms. The number of carboxylic acid groups (broad SMARTS) is 1. The van der Waals surface area contributed by atoms with Crippen LogP contribution in [0.2, 0.25) is 0 Å². The molecule has 0 saturated carbocycles. The number of carbonyl (C=O) groups is 2. The monoisotopic (exact) mass is 463 g/mol. The van der Waals surface area contributed by atoms with Gasteiger partial charge in [0.25, 0.3) is 0 Å². The van der Waals surface area contributed by atoms with Gasteiger partial charge >= 0.3 is 12.1 Å². The van der Waals surface area contributed by atoms with Crippen LogP contribution in [0.1, 0.15) is 42.5 Å². The number of hydrogen-bond donors (Lipinski definition) is 1. The van der Waals surface area contributed by atoms with Crippen LogP contribution < -0.4 is 4.90 Å². The van der Waals surface area contributed by atoms with E-state index in [2.05, 4.69) is 9.55 Å². The number of ether oxygens (including phenoxy) is 1. The molecule has 7 nitrogen and oxygen atoms in total. The highest BCUT2D eigenvalue weighted by molar-refractivity contribution is 7.14. The molecule has 1 amide bonds. The Morgan fingerprint density at radius 3 is 2.48 bits per heavy atom. The number of carbonyl (C=O) groups excluding carboxylic acids is 1. The zero-order valence-electron chi connectivity index (χ0n) is 18.9. The molecule has 0 bridgehead atoms. The lowest BCUT2D eigenvalue weighted by molar-refractivity contribution is 0.0574. The third-order valence-electron chi connectivity index (χ3n) is 5.02. The van der Waals surface area contributed by atoms with Gasteiger partial charge < -0.3 is 14.4 Å². The van der Waals surface area contributed by atoms with Crippen molar-refractivity contribution in [3.05, 3.63) is 76.9 Å². The molecule has 0 aliphatic rings. The Morgan fingerprint density at radius 1 is 1.12 bits per heavy atom. The molecular formula is C25H25N3O4S. The van der Waals surface area contributed by atoms with Crippen molar-refractivity contribution in [1.29, 1.82) is 0 Å². The Hall–Kier alpha value is -3.65. The summed E-state index contributed by atoms with van der Waals surface area (Å²) in [5.74, 6) is -1.14. The van der Waals surface area contributed by atoms with Gasteiger partial charge in [-0.05, 0) is 51.5 Å². The standard InChI is InChI=1S/C25H25N3O4S/c1-16-9-5-7-11-20(16)28-18(13-17-10-6-8-12-21(17)28)14-27(24(31)32-25(2,3)4)23-26-19(15-33-23)22(29)30/h5-13,15H,14H2,1-4H3,(H,29,30). The number of nitrogens with zero attached hydrogens (tertiary/aromatic N) is 3. The number of carboxylic acids is 1. The number of anilines is 1. The van der Waals surface area contributed by atoms with Gasteiger partial charge in [-0.15, -0.1) is 11.3 Å². The summed E-state index contributed by atoms with van der Waals surface area (Å²) < 4.78 is 7.76. The summed E-state index contributed by atoms with van der Waals surface area (Å²) in [4.78, 5) is 30.1. The van der Waals surface area contributed by atoms with Gasteiger partial charge in [0.2, 0.25) is 0 Å². The number of para-hydroxylation sites is 2. The second-order valence-corrected chi connectivity index (χ2v) is 9.54. The van der Waals surface area contributed by atoms with Gasteiger partial charge in [0.15, 0.2) is 10.8 Å². The molecule has 33 heavy (non-hydrogen) atoms. The summed E-state index contributed by atoms with van der Waals surface area (Å²) >= 11 is 1.10. The molecule has 0 atom stereocenters. The van der Waals surface area contributed by atoms with Gasteiger partial charge in [0, 0.05) is 22.1 Å². The summed E-state index contributed by atoms with van der Waals surface area (Å²) in [5.41, 5.74) is 3.13. The molecule has 2 heterocycles. The molecule has 4 aromatic rings. The van der Waals surface area contributed by atoms with E-state index in [4.69, 9.17) is 4.74 Å². The summed E-state index contributed by atoms with van der Waals surface area (Å²) in [7, 11) is 0. The molecule has 0 radical (unpaired) electrons. The third-order valence-corrected chi connectivity index (χ3v) is 5.88. The number of amides is 1. The van der Waals surface area contributed by atoms with Crippen molar-refractivity contribution in [2.75, 3.05) is 4.90 Å². The van der Waals surface area contributed by atoms with E-state index < -0.39 is 17.7 Å². The number of thiazole rings is 1. The number of hydrogen-bond acceptors (Lipinski definition) is 5. The van der Waals surface area contributed by atoms with E-state index in [0.29, 0.717) is 0 Å². The predicted octanol–water partition coefficient (Wildman–Crippen LogP) is 6.04. The first-order valence-corrected chi connectivity index (χ1v) is 11.4. The number of aromatic nitrogens is 2. The van der Waals surface area contributed by atoms with E-state index in [-0.39, 0.29) is 17.4 Å². The fourth-order valence-electron chi connectivity index (χ4n) is 3.60. The highest BCUT2D eigenvalue weighted by Crippen LogP contribution is 2.30. The summed E-state index contributed by atoms with van der Waals surface area (Å²) in [6, 6.07) is 18.1. The Balaban J connectivity index is 1.84. The van der Waals surface area contributed by atoms with Crippen LogP contribution in [-0.4, -0.2) is 32.3 Å². The van der Waals surface area contributed by atoms with E-state index >= 15 is 0 Å². The maximum Gasteiger partial charge on any atom is 0.417 e. The number of rotatable bonds is 5. The van der Waals surface area contributed by atoms with Gasteiger partial charge in [-0.2, -0.15) is 0 Å². The first kappa shape index (κ1) is 22.5. The molecule has 2 aromatic heterocycles. The zero-order valence-corrected chi connectivity index (χ0v) is 19.7. The van der Waals surface area contributed by atoms with Gasteiger partial charge in [-0.3, -0.25) is 0 Å². The highest BCUT2D eigenvalue weighted by atomic mass is 32.1. The molecule has 4 rings (SSSR count). The SMILES string of the molecule is Cc1ccccc1-n1c(CN(C(=O)OC(C)(C)C)c2nc(C(=O)O)cs2)cc2ccccc21. The Bertz CT molecular complexity index is 1330. The Labute approximate surface area is 195 Å². The van der Waals surface area contributed by atoms with Crippen LogP contribution in [0, 0.1) is 6.92 Å². The average Bonchev–Trinajstić information content (AvgIpc) is 3.36. The van der Waals surface area contributed by atoms with Crippen LogP contribution in [-0.2, 0) is 11.3 Å². The Morgan fingerprint density at radius 2 is 1.82 bits per heavy atom. The van der Waals surface area contributed by atoms with Crippen LogP contribution in [0.25, 0.3) is 16.6 Å². The second kappa shape index (κ2) is 8.71. The topological polar surface area (TPSA) is 84.7 Å². The van der Waals surface area contributed by atoms with Crippen molar-refractivity contribution in [3.63, 3.8) is 0 Å². The number of aryl methyl sites for hydroxylation is 1. The van der Waals surface area contributed by atoms with E-state index in [1.807, 2.05) is 61.5 Å². The lowest BCUT2D eigenvalue weighted by Gasteiger charge is -2.26. The van der Waals surface area contributed by atoms with E-state index in [1.54, 1.807) is 20.8 Å². The van der Waals surface area contributed by atoms with Crippen molar-refractivity contribution in [3.8, 4) is 5.69 Å². The number of benzene rings is 2. The summed E-state index contributed by atoms with van der Waals surface area (Å²) in [5, 5.41) is 12.0. The molecule has 170 valence electrons. The Kier molecular flexibility index (Phi) is 5.95. The summed E-state index contributed by atoms with van der Waals surface area (Å²) in [6.45, 7) is 7.57. The normalized spacial score (nSPS) is 11.5. The van der Waals surface area contributed by atoms with Gasteiger partial charge in [-0.1, -0.05) is 36.4 Å². The molecule has 8 heteroatoms. The minimum absolute atomic E-state index is 0.108. The zero-order chi connectivity index (χ0) is 23.8. The lowest BCUT2D eigenvalue weighted by Crippen LogP contribution is -2.37. The third kappa shape index (κ3) is 4.75. The van der Waals surface area contributed by atoms with Gasteiger partial charge in [0.1, 0.15) is 5.60 Å². The quantitative estimate of drug-likeness (QED) is 0.390. The molecule has 1 N–H and O–H groups in total. The lowest BCUT2D eigenvalue weighted by atomic mass is 10.2. The molecule has 0 aliphatic heterocycles. The van der Waals surface area contributed by atoms with E-state index in [9.17, 15) is 14.7 Å². The minimum atomic E-state index is -1.14. The molecular weight excluding hydrogens is 438 g/mol. The van der Waals surface area contributed by atoms with Crippen molar-refractivity contribution in [2.45, 2.75) is 39.8 Å². The van der Waals surface area contributed by atoms with E-state index in [1.165, 1.54) is 10.3 Å². The molecule has 0 unspecified atom stereocenters. The summed E-state index contributed by atoms with van der Waals surface area (Å²) in [6.07, 6.45) is -0.588. The predicted molar refractivity (Wildman–Crippen MR) is 130 cm³/mol. The van der Waals surface area contributed by atoms with Crippen LogP contribution in [0.4, 0.5) is 9.93 Å². The van der Waals surface area contributed by atoms with Crippen molar-refractivity contribution < 1.29 is 19.4 Å². The van der Waals surface area contributed by atoms with Gasteiger partial charge in [0.05, 0.1) is 12.1 Å². The fraction of sp³-hybridized carbons (Fsp3) is 0.240. The minimum Gasteiger partial charge on any atom is -0.476 e. The largest absolute Gasteiger partial charge is 0.476 e. The highest BCUT2D eigenvalue weighted by Gasteiger charge is 2.28. The maximum absolute atomic E-state index is 13.2. The molecule has 0 fully saturated rings. The first-order chi connectivity index (χ1) is 15.6. The van der Waals surface area contributed by atoms with Crippen LogP contribution in [0.15, 0.2) is 60.0 Å². The number of fused-ring (bicyclic) bond motifs is 1. The van der Waals surface area contributed by atoms with Crippen LogP contribution in [0.5, 0.6) is 0 Å². The average molecular weight is 464 g/mol. The van der Waals surface area contributed by atoms with Crippen molar-refractivity contribution in [2.24, 2.45) is 0 Å². The fourth-order valence-corrected chi connectivity index (χ4v) is 4.39. The second-order valence-electron chi connectivity index (χ2n) is 8.70. The van der Waals surface area contributed by atoms with Crippen molar-refractivity contribution >= 4 is 39.4 Å². The molecule has 0 aliphatic carbocycles.